The number of rotatable bonds is 7. The molecule has 1 aromatic heterocycles. The molecule has 90 valence electrons. The largest absolute Gasteiger partial charge is 0.477 e. The first-order chi connectivity index (χ1) is 7.66. The van der Waals surface area contributed by atoms with E-state index in [1.165, 1.54) is 6.20 Å². The van der Waals surface area contributed by atoms with Crippen molar-refractivity contribution < 1.29 is 14.6 Å². The second-order valence-electron chi connectivity index (χ2n) is 3.61. The molecule has 1 aromatic rings. The van der Waals surface area contributed by atoms with E-state index in [1.807, 2.05) is 0 Å². The van der Waals surface area contributed by atoms with Gasteiger partial charge < -0.3 is 14.4 Å². The van der Waals surface area contributed by atoms with Crippen molar-refractivity contribution >= 4 is 5.97 Å². The fourth-order valence-corrected chi connectivity index (χ4v) is 1.43. The van der Waals surface area contributed by atoms with Crippen molar-refractivity contribution in [2.24, 2.45) is 0 Å². The molecule has 0 amide bonds. The zero-order valence-corrected chi connectivity index (χ0v) is 9.77. The van der Waals surface area contributed by atoms with Crippen LogP contribution in [-0.4, -0.2) is 33.8 Å². The molecule has 0 spiro atoms. The number of aryl methyl sites for hydroxylation is 1. The van der Waals surface area contributed by atoms with Gasteiger partial charge in [0.15, 0.2) is 0 Å². The van der Waals surface area contributed by atoms with Gasteiger partial charge >= 0.3 is 5.97 Å². The number of hydrogen-bond acceptors (Lipinski definition) is 3. The van der Waals surface area contributed by atoms with E-state index < -0.39 is 5.97 Å². The van der Waals surface area contributed by atoms with Gasteiger partial charge in [-0.1, -0.05) is 13.3 Å². The lowest BCUT2D eigenvalue weighted by atomic mass is 10.4. The van der Waals surface area contributed by atoms with Crippen molar-refractivity contribution in [1.29, 1.82) is 0 Å². The first-order valence-electron chi connectivity index (χ1n) is 5.50. The second kappa shape index (κ2) is 6.27. The molecule has 5 nitrogen and oxygen atoms in total. The molecule has 0 aliphatic rings. The van der Waals surface area contributed by atoms with E-state index in [2.05, 4.69) is 11.9 Å². The van der Waals surface area contributed by atoms with Gasteiger partial charge in [0.25, 0.3) is 0 Å². The summed E-state index contributed by atoms with van der Waals surface area (Å²) in [6.07, 6.45) is 3.52. The average molecular weight is 226 g/mol. The highest BCUT2D eigenvalue weighted by Crippen LogP contribution is 2.04. The minimum atomic E-state index is -0.950. The summed E-state index contributed by atoms with van der Waals surface area (Å²) in [5.74, 6) is -0.245. The molecule has 5 heteroatoms. The molecule has 0 aliphatic heterocycles. The van der Waals surface area contributed by atoms with Gasteiger partial charge in [-0.25, -0.2) is 9.78 Å². The van der Waals surface area contributed by atoms with Crippen LogP contribution < -0.4 is 0 Å². The average Bonchev–Trinajstić information content (AvgIpc) is 2.60. The monoisotopic (exact) mass is 226 g/mol. The normalized spacial score (nSPS) is 10.6. The number of aromatic nitrogens is 2. The summed E-state index contributed by atoms with van der Waals surface area (Å²) in [4.78, 5) is 14.8. The third kappa shape index (κ3) is 3.34. The zero-order chi connectivity index (χ0) is 12.0. The fraction of sp³-hybridized carbons (Fsp3) is 0.636. The number of ether oxygens (including phenoxy) is 1. The Hall–Kier alpha value is -1.36. The lowest BCUT2D eigenvalue weighted by Gasteiger charge is -2.08. The van der Waals surface area contributed by atoms with E-state index in [1.54, 1.807) is 11.5 Å². The Labute approximate surface area is 95.1 Å². The third-order valence-corrected chi connectivity index (χ3v) is 2.38. The lowest BCUT2D eigenvalue weighted by molar-refractivity contribution is 0.0679. The van der Waals surface area contributed by atoms with Gasteiger partial charge in [-0.05, 0) is 13.3 Å². The van der Waals surface area contributed by atoms with Crippen molar-refractivity contribution in [3.8, 4) is 0 Å². The van der Waals surface area contributed by atoms with Crippen LogP contribution in [0.5, 0.6) is 0 Å². The van der Waals surface area contributed by atoms with Crippen LogP contribution in [0.25, 0.3) is 0 Å². The Bertz CT molecular complexity index is 347. The highest BCUT2D eigenvalue weighted by atomic mass is 16.5. The lowest BCUT2D eigenvalue weighted by Crippen LogP contribution is -2.14. The number of carbonyl (C=O) groups is 1. The molecule has 0 saturated carbocycles. The van der Waals surface area contributed by atoms with Crippen LogP contribution in [0.3, 0.4) is 0 Å². The first kappa shape index (κ1) is 12.7. The Balaban J connectivity index is 2.46. The van der Waals surface area contributed by atoms with Crippen molar-refractivity contribution in [3.05, 3.63) is 17.7 Å². The summed E-state index contributed by atoms with van der Waals surface area (Å²) in [6, 6.07) is 0. The summed E-state index contributed by atoms with van der Waals surface area (Å²) >= 11 is 0. The number of unbranched alkanes of at least 4 members (excludes halogenated alkanes) is 1. The Morgan fingerprint density at radius 1 is 1.56 bits per heavy atom. The minimum absolute atomic E-state index is 0.219. The summed E-state index contributed by atoms with van der Waals surface area (Å²) in [5.41, 5.74) is 0.219. The van der Waals surface area contributed by atoms with Crippen LogP contribution in [0.2, 0.25) is 0 Å². The molecule has 1 rings (SSSR count). The number of nitrogens with zero attached hydrogens (tertiary/aromatic N) is 2. The van der Waals surface area contributed by atoms with E-state index >= 15 is 0 Å². The smallest absolute Gasteiger partial charge is 0.354 e. The molecule has 0 aromatic carbocycles. The molecule has 0 bridgehead atoms. The molecule has 16 heavy (non-hydrogen) atoms. The van der Waals surface area contributed by atoms with Crippen LogP contribution in [-0.2, 0) is 11.3 Å². The van der Waals surface area contributed by atoms with E-state index in [9.17, 15) is 4.79 Å². The van der Waals surface area contributed by atoms with Crippen LogP contribution in [0.1, 0.15) is 36.1 Å². The molecule has 0 fully saturated rings. The maximum Gasteiger partial charge on any atom is 0.354 e. The van der Waals surface area contributed by atoms with Gasteiger partial charge in [0.2, 0.25) is 0 Å². The summed E-state index contributed by atoms with van der Waals surface area (Å²) < 4.78 is 7.06. The van der Waals surface area contributed by atoms with Gasteiger partial charge in [-0.2, -0.15) is 0 Å². The number of aromatic carboxylic acids is 1. The molecule has 0 atom stereocenters. The van der Waals surface area contributed by atoms with E-state index in [0.717, 1.165) is 19.4 Å². The standard InChI is InChI=1S/C11H18N2O3/c1-3-4-6-16-7-5-13-9(2)12-8-10(13)11(14)15/h8H,3-7H2,1-2H3,(H,14,15). The van der Waals surface area contributed by atoms with Gasteiger partial charge in [0.05, 0.1) is 12.8 Å². The molecule has 1 heterocycles. The highest BCUT2D eigenvalue weighted by Gasteiger charge is 2.12. The molecular formula is C11H18N2O3. The Morgan fingerprint density at radius 2 is 2.31 bits per heavy atom. The predicted octanol–water partition coefficient (Wildman–Crippen LogP) is 1.71. The second-order valence-corrected chi connectivity index (χ2v) is 3.61. The van der Waals surface area contributed by atoms with E-state index in [-0.39, 0.29) is 5.69 Å². The maximum atomic E-state index is 10.9. The topological polar surface area (TPSA) is 64.3 Å². The van der Waals surface area contributed by atoms with Crippen molar-refractivity contribution in [1.82, 2.24) is 9.55 Å². The zero-order valence-electron chi connectivity index (χ0n) is 9.77. The third-order valence-electron chi connectivity index (χ3n) is 2.38. The van der Waals surface area contributed by atoms with E-state index in [0.29, 0.717) is 19.0 Å². The van der Waals surface area contributed by atoms with Crippen LogP contribution in [0, 0.1) is 6.92 Å². The van der Waals surface area contributed by atoms with Crippen molar-refractivity contribution in [2.45, 2.75) is 33.2 Å². The molecule has 0 aliphatic carbocycles. The number of carboxylic acid groups (broad SMARTS) is 1. The van der Waals surface area contributed by atoms with Crippen LogP contribution in [0.15, 0.2) is 6.20 Å². The van der Waals surface area contributed by atoms with Gasteiger partial charge in [0.1, 0.15) is 11.5 Å². The van der Waals surface area contributed by atoms with Gasteiger partial charge in [0, 0.05) is 13.2 Å². The van der Waals surface area contributed by atoms with Crippen molar-refractivity contribution in [3.63, 3.8) is 0 Å². The van der Waals surface area contributed by atoms with Gasteiger partial charge in [-0.3, -0.25) is 0 Å². The quantitative estimate of drug-likeness (QED) is 0.719. The van der Waals surface area contributed by atoms with Crippen LogP contribution >= 0.6 is 0 Å². The minimum Gasteiger partial charge on any atom is -0.477 e. The number of carboxylic acids is 1. The Morgan fingerprint density at radius 3 is 2.94 bits per heavy atom. The molecule has 1 N–H and O–H groups in total. The van der Waals surface area contributed by atoms with Crippen LogP contribution in [0.4, 0.5) is 0 Å². The van der Waals surface area contributed by atoms with E-state index in [4.69, 9.17) is 9.84 Å². The SMILES string of the molecule is CCCCOCCn1c(C(=O)O)cnc1C. The molecule has 0 radical (unpaired) electrons. The fourth-order valence-electron chi connectivity index (χ4n) is 1.43. The molecular weight excluding hydrogens is 208 g/mol. The molecule has 0 unspecified atom stereocenters. The van der Waals surface area contributed by atoms with Gasteiger partial charge in [-0.15, -0.1) is 0 Å². The van der Waals surface area contributed by atoms with Crippen molar-refractivity contribution in [2.75, 3.05) is 13.2 Å². The first-order valence-corrected chi connectivity index (χ1v) is 5.50. The predicted molar refractivity (Wildman–Crippen MR) is 59.7 cm³/mol. The highest BCUT2D eigenvalue weighted by molar-refractivity contribution is 5.85. The Kier molecular flexibility index (Phi) is 4.98. The number of imidazole rings is 1. The summed E-state index contributed by atoms with van der Waals surface area (Å²) in [6.45, 7) is 5.69. The molecule has 0 saturated heterocycles. The number of hydrogen-bond donors (Lipinski definition) is 1. The summed E-state index contributed by atoms with van der Waals surface area (Å²) in [5, 5.41) is 8.92. The maximum absolute atomic E-state index is 10.9. The summed E-state index contributed by atoms with van der Waals surface area (Å²) in [7, 11) is 0.